The fraction of sp³-hybridized carbons (Fsp3) is 0.300. The fourth-order valence-corrected chi connectivity index (χ4v) is 6.46. The number of carbonyl (C=O) groups is 2. The number of aryl methyl sites for hydroxylation is 1. The third kappa shape index (κ3) is 3.19. The lowest BCUT2D eigenvalue weighted by Crippen LogP contribution is -2.78. The van der Waals surface area contributed by atoms with Crippen LogP contribution in [-0.4, -0.2) is 23.9 Å². The number of benzene rings is 3. The molecule has 38 heavy (non-hydrogen) atoms. The lowest BCUT2D eigenvalue weighted by Gasteiger charge is -2.62. The Balaban J connectivity index is 1.49. The molecule has 2 saturated heterocycles. The van der Waals surface area contributed by atoms with Gasteiger partial charge in [-0.1, -0.05) is 49.6 Å². The second-order valence-electron chi connectivity index (χ2n) is 11.2. The topological polar surface area (TPSA) is 62.2 Å². The number of carbonyl (C=O) groups excluding carboxylic acids is 2. The molecule has 0 N–H and O–H groups in total. The van der Waals surface area contributed by atoms with E-state index in [2.05, 4.69) is 37.9 Å². The monoisotopic (exact) mass is 635 g/mol. The highest BCUT2D eigenvalue weighted by atomic mass is 79.9. The summed E-state index contributed by atoms with van der Waals surface area (Å²) >= 11 is 6.97. The van der Waals surface area contributed by atoms with Crippen LogP contribution in [-0.2, 0) is 19.9 Å². The third-order valence-corrected chi connectivity index (χ3v) is 9.14. The Morgan fingerprint density at radius 2 is 1.39 bits per heavy atom. The summed E-state index contributed by atoms with van der Waals surface area (Å²) in [7, 11) is 0. The molecular weight excluding hydrogens is 610 g/mol. The summed E-state index contributed by atoms with van der Waals surface area (Å²) in [5, 5.41) is 0. The van der Waals surface area contributed by atoms with Crippen molar-refractivity contribution in [2.24, 2.45) is 15.8 Å². The molecular formula is C30H27Br2N3O3. The van der Waals surface area contributed by atoms with E-state index in [1.165, 1.54) is 0 Å². The van der Waals surface area contributed by atoms with E-state index in [0.29, 0.717) is 5.90 Å². The summed E-state index contributed by atoms with van der Waals surface area (Å²) in [6, 6.07) is 21.4. The maximum Gasteiger partial charge on any atom is 0.241 e. The van der Waals surface area contributed by atoms with Crippen LogP contribution in [0.4, 0.5) is 17.1 Å². The molecule has 2 atom stereocenters. The summed E-state index contributed by atoms with van der Waals surface area (Å²) in [6.07, 6.45) is -0.597. The number of fused-ring (bicyclic) bond motifs is 2. The third-order valence-electron chi connectivity index (χ3n) is 8.09. The van der Waals surface area contributed by atoms with E-state index in [1.807, 2.05) is 95.3 Å². The quantitative estimate of drug-likeness (QED) is 0.285. The van der Waals surface area contributed by atoms with Crippen LogP contribution in [0.15, 0.2) is 80.7 Å². The summed E-state index contributed by atoms with van der Waals surface area (Å²) < 4.78 is 8.66. The highest BCUT2D eigenvalue weighted by molar-refractivity contribution is 9.10. The van der Waals surface area contributed by atoms with E-state index >= 15 is 0 Å². The van der Waals surface area contributed by atoms with Crippen LogP contribution in [0.1, 0.15) is 38.8 Å². The summed E-state index contributed by atoms with van der Waals surface area (Å²) in [5.41, 5.74) is 1.71. The van der Waals surface area contributed by atoms with Crippen molar-refractivity contribution < 1.29 is 14.3 Å². The van der Waals surface area contributed by atoms with E-state index in [0.717, 1.165) is 37.1 Å². The molecule has 0 aliphatic carbocycles. The Hall–Kier alpha value is -2.97. The van der Waals surface area contributed by atoms with Crippen molar-refractivity contribution in [1.82, 2.24) is 0 Å². The maximum absolute atomic E-state index is 13.8. The molecule has 0 unspecified atom stereocenters. The predicted molar refractivity (Wildman–Crippen MR) is 156 cm³/mol. The van der Waals surface area contributed by atoms with Crippen LogP contribution < -0.4 is 9.80 Å². The van der Waals surface area contributed by atoms with Gasteiger partial charge in [-0.25, -0.2) is 4.99 Å². The molecule has 2 amide bonds. The van der Waals surface area contributed by atoms with E-state index in [1.54, 1.807) is 9.80 Å². The zero-order chi connectivity index (χ0) is 27.2. The Bertz CT molecular complexity index is 1530. The minimum absolute atomic E-state index is 0.0146. The normalized spacial score (nSPS) is 24.6. The molecule has 3 aliphatic heterocycles. The number of hydrogen-bond acceptors (Lipinski definition) is 4. The summed E-state index contributed by atoms with van der Waals surface area (Å²) in [5.74, 6) is 0.386. The predicted octanol–water partition coefficient (Wildman–Crippen LogP) is 7.25. The molecule has 6 rings (SSSR count). The number of aliphatic imine (C=N–C) groups is 1. The van der Waals surface area contributed by atoms with Crippen molar-refractivity contribution in [2.45, 2.75) is 46.4 Å². The first-order valence-electron chi connectivity index (χ1n) is 12.5. The van der Waals surface area contributed by atoms with Crippen LogP contribution in [0.5, 0.6) is 0 Å². The standard InChI is InChI=1S/C30H27Br2N3O3/c1-17-6-15-23-22(16-17)30(29(4,5)26(37)35(30)21-13-9-19(32)10-14-21)24(33-23)38-27-28(2,3)25(36)34(27)20-11-7-18(31)8-12-20/h6-16,27H,1-5H3/t27-,30-/m1/s1. The Labute approximate surface area is 238 Å². The van der Waals surface area contributed by atoms with Crippen LogP contribution in [0.25, 0.3) is 0 Å². The fourth-order valence-electron chi connectivity index (χ4n) is 5.93. The van der Waals surface area contributed by atoms with Crippen molar-refractivity contribution in [3.8, 4) is 0 Å². The van der Waals surface area contributed by atoms with Gasteiger partial charge in [0.05, 0.1) is 11.1 Å². The minimum Gasteiger partial charge on any atom is -0.453 e. The van der Waals surface area contributed by atoms with Crippen molar-refractivity contribution >= 4 is 66.6 Å². The van der Waals surface area contributed by atoms with Crippen molar-refractivity contribution in [1.29, 1.82) is 0 Å². The van der Waals surface area contributed by atoms with Gasteiger partial charge in [0.1, 0.15) is 5.41 Å². The van der Waals surface area contributed by atoms with E-state index in [4.69, 9.17) is 9.73 Å². The molecule has 0 radical (unpaired) electrons. The average Bonchev–Trinajstić information content (AvgIpc) is 3.21. The number of ether oxygens (including phenoxy) is 1. The second kappa shape index (κ2) is 8.26. The number of hydrogen-bond donors (Lipinski definition) is 0. The van der Waals surface area contributed by atoms with Crippen LogP contribution in [0.3, 0.4) is 0 Å². The van der Waals surface area contributed by atoms with Crippen LogP contribution in [0.2, 0.25) is 0 Å². The largest absolute Gasteiger partial charge is 0.453 e. The molecule has 0 bridgehead atoms. The Morgan fingerprint density at radius 1 is 0.816 bits per heavy atom. The van der Waals surface area contributed by atoms with E-state index in [-0.39, 0.29) is 11.8 Å². The molecule has 8 heteroatoms. The maximum atomic E-state index is 13.8. The first-order chi connectivity index (χ1) is 17.9. The number of anilines is 2. The van der Waals surface area contributed by atoms with Crippen LogP contribution >= 0.6 is 31.9 Å². The van der Waals surface area contributed by atoms with Gasteiger partial charge in [-0.2, -0.15) is 0 Å². The summed E-state index contributed by atoms with van der Waals surface area (Å²) in [6.45, 7) is 9.71. The van der Waals surface area contributed by atoms with Gasteiger partial charge in [-0.05, 0) is 89.2 Å². The molecule has 3 aromatic carbocycles. The highest BCUT2D eigenvalue weighted by Gasteiger charge is 2.74. The molecule has 194 valence electrons. The SMILES string of the molecule is Cc1ccc2c(c1)[C@]1(C(O[C@H]3N(c4ccc(Br)cc4)C(=O)C3(C)C)=N2)N(c2ccc(Br)cc2)C(=O)C1(C)C. The van der Waals surface area contributed by atoms with Crippen molar-refractivity contribution in [3.63, 3.8) is 0 Å². The molecule has 3 aliphatic rings. The van der Waals surface area contributed by atoms with Crippen LogP contribution in [0, 0.1) is 17.8 Å². The molecule has 3 aromatic rings. The number of β-lactam (4-membered cyclic amide) rings is 2. The Kier molecular flexibility index (Phi) is 5.50. The summed E-state index contributed by atoms with van der Waals surface area (Å²) in [4.78, 5) is 35.5. The number of nitrogens with zero attached hydrogens (tertiary/aromatic N) is 3. The zero-order valence-electron chi connectivity index (χ0n) is 21.8. The van der Waals surface area contributed by atoms with Gasteiger partial charge in [0, 0.05) is 25.9 Å². The van der Waals surface area contributed by atoms with Gasteiger partial charge in [-0.15, -0.1) is 0 Å². The molecule has 0 aromatic heterocycles. The molecule has 1 spiro atoms. The number of amides is 2. The first kappa shape index (κ1) is 25.3. The van der Waals surface area contributed by atoms with Gasteiger partial charge in [0.25, 0.3) is 0 Å². The minimum atomic E-state index is -0.959. The smallest absolute Gasteiger partial charge is 0.241 e. The first-order valence-corrected chi connectivity index (χ1v) is 14.1. The highest BCUT2D eigenvalue weighted by Crippen LogP contribution is 2.63. The number of rotatable bonds is 3. The van der Waals surface area contributed by atoms with Gasteiger partial charge in [0.15, 0.2) is 11.8 Å². The van der Waals surface area contributed by atoms with Gasteiger partial charge in [-0.3, -0.25) is 19.4 Å². The molecule has 6 nitrogen and oxygen atoms in total. The van der Waals surface area contributed by atoms with E-state index < -0.39 is 22.6 Å². The molecule has 0 saturated carbocycles. The van der Waals surface area contributed by atoms with Gasteiger partial charge < -0.3 is 4.74 Å². The molecule has 3 heterocycles. The van der Waals surface area contributed by atoms with Crippen molar-refractivity contribution in [3.05, 3.63) is 86.8 Å². The van der Waals surface area contributed by atoms with Gasteiger partial charge >= 0.3 is 0 Å². The lowest BCUT2D eigenvalue weighted by atomic mass is 9.59. The zero-order valence-corrected chi connectivity index (χ0v) is 24.9. The molecule has 2 fully saturated rings. The van der Waals surface area contributed by atoms with Crippen molar-refractivity contribution in [2.75, 3.05) is 9.80 Å². The lowest BCUT2D eigenvalue weighted by molar-refractivity contribution is -0.151. The second-order valence-corrected chi connectivity index (χ2v) is 13.1. The van der Waals surface area contributed by atoms with Gasteiger partial charge in [0.2, 0.25) is 17.7 Å². The Morgan fingerprint density at radius 3 is 2.00 bits per heavy atom. The van der Waals surface area contributed by atoms with E-state index in [9.17, 15) is 9.59 Å². The average molecular weight is 637 g/mol. The number of halogens is 2.